The number of alkyl halides is 3. The zero-order chi connectivity index (χ0) is 14.0. The van der Waals surface area contributed by atoms with Crippen LogP contribution in [0.25, 0.3) is 0 Å². The zero-order valence-corrected chi connectivity index (χ0v) is 9.80. The highest BCUT2D eigenvalue weighted by molar-refractivity contribution is 5.49. The van der Waals surface area contributed by atoms with E-state index >= 15 is 0 Å². The monoisotopic (exact) mass is 273 g/mol. The average molecular weight is 273 g/mol. The van der Waals surface area contributed by atoms with Gasteiger partial charge in [0.15, 0.2) is 0 Å². The lowest BCUT2D eigenvalue weighted by molar-refractivity contribution is -0.138. The van der Waals surface area contributed by atoms with Gasteiger partial charge in [-0.05, 0) is 30.4 Å². The minimum atomic E-state index is -4.55. The number of rotatable bonds is 2. The highest BCUT2D eigenvalue weighted by atomic mass is 19.4. The van der Waals surface area contributed by atoms with E-state index in [9.17, 15) is 17.6 Å². The van der Waals surface area contributed by atoms with Crippen molar-refractivity contribution in [1.82, 2.24) is 0 Å². The van der Waals surface area contributed by atoms with Crippen LogP contribution in [0.15, 0.2) is 41.9 Å². The van der Waals surface area contributed by atoms with E-state index in [1.54, 1.807) is 0 Å². The van der Waals surface area contributed by atoms with Gasteiger partial charge in [-0.3, -0.25) is 0 Å². The standard InChI is InChI=1S/C13H11F4NO/c14-8-1-4-10(5-2-8)19-12-6-3-9(18)7-11(12)13(15,16)17/h1,3-4,6-7H,2,5,18H2. The van der Waals surface area contributed by atoms with Crippen molar-refractivity contribution in [3.63, 3.8) is 0 Å². The Morgan fingerprint density at radius 3 is 2.42 bits per heavy atom. The Kier molecular flexibility index (Phi) is 3.50. The second-order valence-electron chi connectivity index (χ2n) is 4.10. The number of ether oxygens (including phenoxy) is 1. The summed E-state index contributed by atoms with van der Waals surface area (Å²) in [6.45, 7) is 0. The summed E-state index contributed by atoms with van der Waals surface area (Å²) in [6.07, 6.45) is -1.69. The Morgan fingerprint density at radius 2 is 1.84 bits per heavy atom. The summed E-state index contributed by atoms with van der Waals surface area (Å²) >= 11 is 0. The zero-order valence-electron chi connectivity index (χ0n) is 9.80. The van der Waals surface area contributed by atoms with Crippen LogP contribution in [-0.4, -0.2) is 0 Å². The molecule has 0 atom stereocenters. The number of hydrogen-bond donors (Lipinski definition) is 1. The Hall–Kier alpha value is -1.98. The first-order valence-corrected chi connectivity index (χ1v) is 5.56. The highest BCUT2D eigenvalue weighted by Gasteiger charge is 2.35. The van der Waals surface area contributed by atoms with Crippen molar-refractivity contribution in [2.75, 3.05) is 5.73 Å². The largest absolute Gasteiger partial charge is 0.461 e. The molecule has 1 aliphatic carbocycles. The number of anilines is 1. The highest BCUT2D eigenvalue weighted by Crippen LogP contribution is 2.38. The topological polar surface area (TPSA) is 35.2 Å². The molecule has 0 aliphatic heterocycles. The molecule has 1 aromatic rings. The van der Waals surface area contributed by atoms with Crippen LogP contribution in [0.2, 0.25) is 0 Å². The molecule has 1 aromatic carbocycles. The molecule has 0 bridgehead atoms. The van der Waals surface area contributed by atoms with Crippen molar-refractivity contribution < 1.29 is 22.3 Å². The molecule has 0 unspecified atom stereocenters. The molecule has 0 saturated carbocycles. The molecule has 0 fully saturated rings. The van der Waals surface area contributed by atoms with Crippen LogP contribution >= 0.6 is 0 Å². The molecule has 6 heteroatoms. The maximum atomic E-state index is 12.8. The van der Waals surface area contributed by atoms with Gasteiger partial charge >= 0.3 is 6.18 Å². The predicted octanol–water partition coefficient (Wildman–Crippen LogP) is 4.20. The summed E-state index contributed by atoms with van der Waals surface area (Å²) in [4.78, 5) is 0. The van der Waals surface area contributed by atoms with E-state index in [4.69, 9.17) is 10.5 Å². The Balaban J connectivity index is 2.31. The van der Waals surface area contributed by atoms with E-state index in [-0.39, 0.29) is 35.9 Å². The van der Waals surface area contributed by atoms with Crippen LogP contribution < -0.4 is 10.5 Å². The molecule has 102 valence electrons. The number of benzene rings is 1. The molecule has 0 amide bonds. The van der Waals surface area contributed by atoms with Gasteiger partial charge < -0.3 is 10.5 Å². The summed E-state index contributed by atoms with van der Waals surface area (Å²) in [5.41, 5.74) is 4.41. The van der Waals surface area contributed by atoms with Crippen LogP contribution in [0.1, 0.15) is 18.4 Å². The van der Waals surface area contributed by atoms with Gasteiger partial charge in [0.25, 0.3) is 0 Å². The molecule has 2 nitrogen and oxygen atoms in total. The number of nitrogens with two attached hydrogens (primary N) is 1. The van der Waals surface area contributed by atoms with E-state index in [0.29, 0.717) is 0 Å². The fourth-order valence-electron chi connectivity index (χ4n) is 1.68. The minimum Gasteiger partial charge on any atom is -0.461 e. The second-order valence-corrected chi connectivity index (χ2v) is 4.10. The summed E-state index contributed by atoms with van der Waals surface area (Å²) in [6, 6.07) is 3.30. The van der Waals surface area contributed by atoms with E-state index in [1.807, 2.05) is 0 Å². The lowest BCUT2D eigenvalue weighted by atomic mass is 10.1. The summed E-state index contributed by atoms with van der Waals surface area (Å²) in [7, 11) is 0. The first-order valence-electron chi connectivity index (χ1n) is 5.56. The maximum absolute atomic E-state index is 12.8. The van der Waals surface area contributed by atoms with Crippen LogP contribution in [-0.2, 0) is 6.18 Å². The molecule has 0 saturated heterocycles. The van der Waals surface area contributed by atoms with Gasteiger partial charge in [-0.1, -0.05) is 0 Å². The SMILES string of the molecule is Nc1ccc(OC2=CC=C(F)CC2)c(C(F)(F)F)c1. The van der Waals surface area contributed by atoms with Gasteiger partial charge in [0.1, 0.15) is 22.9 Å². The van der Waals surface area contributed by atoms with Crippen molar-refractivity contribution in [3.8, 4) is 5.75 Å². The molecule has 2 rings (SSSR count). The lowest BCUT2D eigenvalue weighted by Gasteiger charge is -2.17. The molecule has 0 spiro atoms. The molecular weight excluding hydrogens is 262 g/mol. The quantitative estimate of drug-likeness (QED) is 0.647. The predicted molar refractivity (Wildman–Crippen MR) is 63.0 cm³/mol. The third kappa shape index (κ3) is 3.27. The molecule has 19 heavy (non-hydrogen) atoms. The Bertz CT molecular complexity index is 546. The Morgan fingerprint density at radius 1 is 1.11 bits per heavy atom. The van der Waals surface area contributed by atoms with Gasteiger partial charge in [-0.25, -0.2) is 4.39 Å². The summed E-state index contributed by atoms with van der Waals surface area (Å²) < 4.78 is 56.4. The van der Waals surface area contributed by atoms with Gasteiger partial charge in [0.05, 0.1) is 0 Å². The maximum Gasteiger partial charge on any atom is 0.420 e. The second kappa shape index (κ2) is 4.95. The third-order valence-electron chi connectivity index (χ3n) is 2.61. The fraction of sp³-hybridized carbons (Fsp3) is 0.231. The van der Waals surface area contributed by atoms with Gasteiger partial charge in [0.2, 0.25) is 0 Å². The number of allylic oxidation sites excluding steroid dienone is 4. The number of nitrogen functional groups attached to an aromatic ring is 1. The van der Waals surface area contributed by atoms with Crippen LogP contribution in [0.5, 0.6) is 5.75 Å². The van der Waals surface area contributed by atoms with E-state index in [1.165, 1.54) is 18.2 Å². The van der Waals surface area contributed by atoms with E-state index < -0.39 is 11.7 Å². The molecule has 0 radical (unpaired) electrons. The smallest absolute Gasteiger partial charge is 0.420 e. The Labute approximate surface area is 107 Å². The van der Waals surface area contributed by atoms with Gasteiger partial charge in [-0.15, -0.1) is 0 Å². The van der Waals surface area contributed by atoms with Crippen molar-refractivity contribution in [3.05, 3.63) is 47.5 Å². The normalized spacial score (nSPS) is 15.8. The molecular formula is C13H11F4NO. The van der Waals surface area contributed by atoms with Crippen molar-refractivity contribution in [2.45, 2.75) is 19.0 Å². The molecule has 1 aliphatic rings. The fourth-order valence-corrected chi connectivity index (χ4v) is 1.68. The lowest BCUT2D eigenvalue weighted by Crippen LogP contribution is -2.10. The summed E-state index contributed by atoms with van der Waals surface area (Å²) in [5, 5.41) is 0. The van der Waals surface area contributed by atoms with Crippen molar-refractivity contribution >= 4 is 5.69 Å². The summed E-state index contributed by atoms with van der Waals surface area (Å²) in [5.74, 6) is -0.360. The third-order valence-corrected chi connectivity index (χ3v) is 2.61. The first-order chi connectivity index (χ1) is 8.86. The van der Waals surface area contributed by atoms with Gasteiger partial charge in [-0.2, -0.15) is 13.2 Å². The molecule has 2 N–H and O–H groups in total. The molecule has 0 heterocycles. The van der Waals surface area contributed by atoms with Crippen LogP contribution in [0.3, 0.4) is 0 Å². The number of hydrogen-bond acceptors (Lipinski definition) is 2. The van der Waals surface area contributed by atoms with Crippen LogP contribution in [0.4, 0.5) is 23.2 Å². The van der Waals surface area contributed by atoms with E-state index in [0.717, 1.165) is 12.1 Å². The van der Waals surface area contributed by atoms with Crippen LogP contribution in [0, 0.1) is 0 Å². The first kappa shape index (κ1) is 13.5. The van der Waals surface area contributed by atoms with Gasteiger partial charge in [0, 0.05) is 18.5 Å². The van der Waals surface area contributed by atoms with E-state index in [2.05, 4.69) is 0 Å². The minimum absolute atomic E-state index is 0.00300. The van der Waals surface area contributed by atoms with Crippen molar-refractivity contribution in [2.24, 2.45) is 0 Å². The molecule has 0 aromatic heterocycles. The van der Waals surface area contributed by atoms with Crippen molar-refractivity contribution in [1.29, 1.82) is 0 Å². The average Bonchev–Trinajstić information content (AvgIpc) is 2.33. The number of halogens is 4.